The fourth-order valence-corrected chi connectivity index (χ4v) is 7.67. The van der Waals surface area contributed by atoms with Crippen LogP contribution >= 0.6 is 12.4 Å². The Hall–Kier alpha value is -3.78. The van der Waals surface area contributed by atoms with E-state index in [-0.39, 0.29) is 31.2 Å². The predicted octanol–water partition coefficient (Wildman–Crippen LogP) is 4.93. The molecule has 14 heteroatoms. The Morgan fingerprint density at radius 2 is 1.78 bits per heavy atom. The topological polar surface area (TPSA) is 115 Å². The molecule has 2 aromatic carbocycles. The highest BCUT2D eigenvalue weighted by Crippen LogP contribution is 2.43. The van der Waals surface area contributed by atoms with Crippen molar-refractivity contribution < 1.29 is 26.4 Å². The Balaban J connectivity index is 0.00000400. The van der Waals surface area contributed by atoms with Crippen LogP contribution in [0.5, 0.6) is 0 Å². The number of sulfonamides is 1. The molecule has 1 saturated heterocycles. The second kappa shape index (κ2) is 12.5. The van der Waals surface area contributed by atoms with E-state index >= 15 is 0 Å². The molecular formula is C31H35ClF2N6O4S. The van der Waals surface area contributed by atoms with Crippen LogP contribution in [0.2, 0.25) is 0 Å². The molecule has 240 valence electrons. The smallest absolute Gasteiger partial charge is 0.244 e. The van der Waals surface area contributed by atoms with Gasteiger partial charge in [0.05, 0.1) is 35.4 Å². The largest absolute Gasteiger partial charge is 0.467 e. The third kappa shape index (κ3) is 6.35. The van der Waals surface area contributed by atoms with E-state index in [0.29, 0.717) is 40.8 Å². The van der Waals surface area contributed by atoms with Crippen LogP contribution in [0.3, 0.4) is 0 Å². The van der Waals surface area contributed by atoms with Gasteiger partial charge in [0.2, 0.25) is 10.0 Å². The van der Waals surface area contributed by atoms with Crippen molar-refractivity contribution in [1.29, 1.82) is 0 Å². The Kier molecular flexibility index (Phi) is 9.09. The molecular weight excluding hydrogens is 626 g/mol. The molecule has 0 aliphatic carbocycles. The van der Waals surface area contributed by atoms with Crippen molar-refractivity contribution in [3.63, 3.8) is 0 Å². The summed E-state index contributed by atoms with van der Waals surface area (Å²) in [4.78, 5) is 17.9. The number of carbonyl (C=O) groups is 1. The Morgan fingerprint density at radius 1 is 1.07 bits per heavy atom. The molecule has 10 nitrogen and oxygen atoms in total. The molecule has 0 unspecified atom stereocenters. The molecule has 6 rings (SSSR count). The monoisotopic (exact) mass is 660 g/mol. The van der Waals surface area contributed by atoms with Gasteiger partial charge >= 0.3 is 0 Å². The van der Waals surface area contributed by atoms with Crippen LogP contribution in [0.4, 0.5) is 20.2 Å². The Labute approximate surface area is 266 Å². The average molecular weight is 661 g/mol. The van der Waals surface area contributed by atoms with E-state index in [2.05, 4.69) is 32.4 Å². The van der Waals surface area contributed by atoms with Crippen molar-refractivity contribution in [2.45, 2.75) is 43.8 Å². The highest BCUT2D eigenvalue weighted by Gasteiger charge is 2.48. The van der Waals surface area contributed by atoms with Gasteiger partial charge in [-0.15, -0.1) is 12.4 Å². The van der Waals surface area contributed by atoms with Crippen molar-refractivity contribution in [2.75, 3.05) is 43.4 Å². The maximum Gasteiger partial charge on any atom is 0.244 e. The number of Topliss-reactive ketones (excluding diaryl/α,β-unsaturated/α-hetero) is 1. The van der Waals surface area contributed by atoms with Gasteiger partial charge in [-0.25, -0.2) is 17.2 Å². The first kappa shape index (κ1) is 32.6. The number of nitrogens with one attached hydrogen (secondary N) is 2. The summed E-state index contributed by atoms with van der Waals surface area (Å²) in [5, 5.41) is 10.7. The first-order valence-electron chi connectivity index (χ1n) is 14.4. The molecule has 0 bridgehead atoms. The number of carbonyl (C=O) groups excluding carboxylic acids is 1. The zero-order chi connectivity index (χ0) is 31.2. The predicted molar refractivity (Wildman–Crippen MR) is 168 cm³/mol. The lowest BCUT2D eigenvalue weighted by atomic mass is 9.98. The summed E-state index contributed by atoms with van der Waals surface area (Å²) < 4.78 is 61.6. The zero-order valence-electron chi connectivity index (χ0n) is 25.1. The SMILES string of the molecule is CN1CCN(c2ccc(C(=O)Cc3[nH]nc4c3CN(S(=O)(=O)c3cc(F)cc(F)c3)C4(C)C)c(NCc3ccco3)c2)CC1.Cl. The molecule has 2 aliphatic rings. The second-order valence-corrected chi connectivity index (χ2v) is 13.6. The quantitative estimate of drug-likeness (QED) is 0.243. The Morgan fingerprint density at radius 3 is 2.44 bits per heavy atom. The van der Waals surface area contributed by atoms with Gasteiger partial charge in [-0.2, -0.15) is 9.40 Å². The van der Waals surface area contributed by atoms with E-state index in [9.17, 15) is 22.0 Å². The number of benzene rings is 2. The average Bonchev–Trinajstić information content (AvgIpc) is 3.70. The van der Waals surface area contributed by atoms with Crippen molar-refractivity contribution in [3.8, 4) is 0 Å². The number of hydrogen-bond donors (Lipinski definition) is 2. The standard InChI is InChI=1S/C31H34F2N6O4S.ClH/c1-31(2)30-26(19-39(31)44(41,42)24-14-20(32)13-21(33)15-24)28(35-36-30)17-29(40)25-7-6-22(38-10-8-37(3)9-11-38)16-27(25)34-18-23-5-4-12-43-23;/h4-7,12-16,34H,8-11,17-19H2,1-3H3,(H,35,36);1H. The number of aromatic amines is 1. The Bertz CT molecular complexity index is 1780. The molecule has 45 heavy (non-hydrogen) atoms. The number of H-pyrrole nitrogens is 1. The number of fused-ring (bicyclic) bond motifs is 1. The summed E-state index contributed by atoms with van der Waals surface area (Å²) in [5.41, 5.74) is 2.54. The van der Waals surface area contributed by atoms with E-state index in [1.807, 2.05) is 24.3 Å². The summed E-state index contributed by atoms with van der Waals surface area (Å²) in [7, 11) is -2.20. The lowest BCUT2D eigenvalue weighted by Crippen LogP contribution is -2.44. The van der Waals surface area contributed by atoms with Gasteiger partial charge in [0, 0.05) is 67.0 Å². The summed E-state index contributed by atoms with van der Waals surface area (Å²) >= 11 is 0. The van der Waals surface area contributed by atoms with Gasteiger partial charge < -0.3 is 19.5 Å². The van der Waals surface area contributed by atoms with Crippen LogP contribution in [0, 0.1) is 11.6 Å². The third-order valence-electron chi connectivity index (χ3n) is 8.42. The molecule has 4 heterocycles. The van der Waals surface area contributed by atoms with Gasteiger partial charge in [-0.1, -0.05) is 0 Å². The van der Waals surface area contributed by atoms with Crippen LogP contribution in [0.25, 0.3) is 0 Å². The van der Waals surface area contributed by atoms with Crippen molar-refractivity contribution >= 4 is 39.6 Å². The van der Waals surface area contributed by atoms with Crippen LogP contribution in [0.1, 0.15) is 46.9 Å². The minimum atomic E-state index is -4.29. The summed E-state index contributed by atoms with van der Waals surface area (Å²) in [6, 6.07) is 11.6. The number of likely N-dealkylation sites (N-methyl/N-ethyl adjacent to an activating group) is 1. The second-order valence-electron chi connectivity index (χ2n) is 11.8. The lowest BCUT2D eigenvalue weighted by molar-refractivity contribution is 0.0992. The summed E-state index contributed by atoms with van der Waals surface area (Å²) in [6.45, 7) is 7.27. The first-order valence-corrected chi connectivity index (χ1v) is 15.8. The molecule has 0 spiro atoms. The van der Waals surface area contributed by atoms with Gasteiger partial charge in [-0.3, -0.25) is 9.89 Å². The van der Waals surface area contributed by atoms with Gasteiger partial charge in [0.25, 0.3) is 0 Å². The van der Waals surface area contributed by atoms with Gasteiger partial charge in [0.1, 0.15) is 17.4 Å². The van der Waals surface area contributed by atoms with E-state index in [0.717, 1.165) is 54.1 Å². The van der Waals surface area contributed by atoms with Crippen LogP contribution in [-0.4, -0.2) is 66.8 Å². The minimum Gasteiger partial charge on any atom is -0.467 e. The third-order valence-corrected chi connectivity index (χ3v) is 10.4. The molecule has 2 N–H and O–H groups in total. The molecule has 0 saturated carbocycles. The van der Waals surface area contributed by atoms with Crippen molar-refractivity contribution in [2.24, 2.45) is 0 Å². The number of nitrogens with zero attached hydrogens (tertiary/aromatic N) is 4. The number of piperazine rings is 1. The number of rotatable bonds is 9. The molecule has 0 radical (unpaired) electrons. The summed E-state index contributed by atoms with van der Waals surface area (Å²) in [6.07, 6.45) is 1.54. The van der Waals surface area contributed by atoms with Crippen molar-refractivity contribution in [3.05, 3.63) is 94.7 Å². The van der Waals surface area contributed by atoms with Crippen LogP contribution in [-0.2, 0) is 35.1 Å². The highest BCUT2D eigenvalue weighted by atomic mass is 35.5. The number of anilines is 2. The maximum atomic E-state index is 13.9. The minimum absolute atomic E-state index is 0. The molecule has 0 amide bonds. The van der Waals surface area contributed by atoms with Crippen LogP contribution < -0.4 is 10.2 Å². The first-order chi connectivity index (χ1) is 20.9. The highest BCUT2D eigenvalue weighted by molar-refractivity contribution is 7.89. The normalized spacial score (nSPS) is 16.8. The van der Waals surface area contributed by atoms with Gasteiger partial charge in [-0.05, 0) is 63.4 Å². The van der Waals surface area contributed by atoms with Crippen molar-refractivity contribution in [1.82, 2.24) is 19.4 Å². The van der Waals surface area contributed by atoms with E-state index < -0.39 is 32.1 Å². The maximum absolute atomic E-state index is 13.9. The molecule has 1 fully saturated rings. The number of halogens is 3. The van der Waals surface area contributed by atoms with E-state index in [1.165, 1.54) is 0 Å². The fraction of sp³-hybridized carbons (Fsp3) is 0.355. The van der Waals surface area contributed by atoms with Crippen LogP contribution in [0.15, 0.2) is 64.1 Å². The molecule has 0 atom stereocenters. The van der Waals surface area contributed by atoms with Gasteiger partial charge in [0.15, 0.2) is 5.78 Å². The number of hydrogen-bond acceptors (Lipinski definition) is 8. The lowest BCUT2D eigenvalue weighted by Gasteiger charge is -2.34. The molecule has 2 aliphatic heterocycles. The molecule has 4 aromatic rings. The number of ketones is 1. The molecule has 2 aromatic heterocycles. The number of furan rings is 1. The number of aromatic nitrogens is 2. The van der Waals surface area contributed by atoms with E-state index in [4.69, 9.17) is 4.42 Å². The summed E-state index contributed by atoms with van der Waals surface area (Å²) in [5.74, 6) is -1.43. The fourth-order valence-electron chi connectivity index (χ4n) is 5.91. The van der Waals surface area contributed by atoms with E-state index in [1.54, 1.807) is 26.2 Å². The zero-order valence-corrected chi connectivity index (χ0v) is 26.8.